The summed E-state index contributed by atoms with van der Waals surface area (Å²) >= 11 is 0. The Morgan fingerprint density at radius 3 is 2.03 bits per heavy atom. The lowest BCUT2D eigenvalue weighted by atomic mass is 9.98. The van der Waals surface area contributed by atoms with Crippen molar-refractivity contribution in [3.05, 3.63) is 29.8 Å². The van der Waals surface area contributed by atoms with Gasteiger partial charge in [-0.25, -0.2) is 9.59 Å². The summed E-state index contributed by atoms with van der Waals surface area (Å²) in [6, 6.07) is 1.24. The highest BCUT2D eigenvalue weighted by Crippen LogP contribution is 2.24. The zero-order chi connectivity index (χ0) is 28.8. The van der Waals surface area contributed by atoms with Gasteiger partial charge in [0, 0.05) is 12.2 Å². The number of esters is 1. The number of methoxy groups -OCH3 is 1. The van der Waals surface area contributed by atoms with Gasteiger partial charge >= 0.3 is 18.2 Å². The quantitative estimate of drug-likeness (QED) is 0.411. The molecule has 0 radical (unpaired) electrons. The molecule has 1 unspecified atom stereocenters. The number of benzene rings is 1. The molecule has 0 aromatic heterocycles. The molecule has 0 saturated carbocycles. The van der Waals surface area contributed by atoms with Crippen molar-refractivity contribution >= 4 is 35.3 Å². The Hall–Kier alpha value is -3.64. The third-order valence-corrected chi connectivity index (χ3v) is 6.15. The average Bonchev–Trinajstić information content (AvgIpc) is 3.34. The minimum absolute atomic E-state index is 0.165. The molecule has 38 heavy (non-hydrogen) atoms. The van der Waals surface area contributed by atoms with E-state index in [0.29, 0.717) is 12.1 Å². The van der Waals surface area contributed by atoms with Crippen LogP contribution in [0.25, 0.3) is 0 Å². The number of likely N-dealkylation sites (tertiary alicyclic amines) is 1. The molecule has 1 aliphatic rings. The van der Waals surface area contributed by atoms with Crippen molar-refractivity contribution in [2.24, 2.45) is 11.8 Å². The van der Waals surface area contributed by atoms with Gasteiger partial charge in [-0.1, -0.05) is 27.7 Å². The second-order valence-electron chi connectivity index (χ2n) is 9.67. The first-order chi connectivity index (χ1) is 17.7. The van der Waals surface area contributed by atoms with Gasteiger partial charge in [-0.3, -0.25) is 14.4 Å². The van der Waals surface area contributed by atoms with E-state index in [2.05, 4.69) is 20.7 Å². The van der Waals surface area contributed by atoms with Crippen LogP contribution in [-0.4, -0.2) is 72.5 Å². The molecule has 1 fully saturated rings. The summed E-state index contributed by atoms with van der Waals surface area (Å²) < 4.78 is 43.6. The largest absolute Gasteiger partial charge is 0.465 e. The minimum Gasteiger partial charge on any atom is -0.465 e. The zero-order valence-electron chi connectivity index (χ0n) is 21.8. The summed E-state index contributed by atoms with van der Waals surface area (Å²) in [7, 11) is 1.24. The second-order valence-corrected chi connectivity index (χ2v) is 9.67. The van der Waals surface area contributed by atoms with Crippen LogP contribution in [-0.2, 0) is 19.1 Å². The van der Waals surface area contributed by atoms with E-state index < -0.39 is 65.7 Å². The summed E-state index contributed by atoms with van der Waals surface area (Å²) in [6.45, 7) is 6.31. The molecule has 1 aromatic rings. The van der Waals surface area contributed by atoms with E-state index >= 15 is 0 Å². The van der Waals surface area contributed by atoms with E-state index in [9.17, 15) is 37.1 Å². The number of carbonyl (C=O) groups excluding carboxylic acids is 5. The lowest BCUT2D eigenvalue weighted by Gasteiger charge is -2.31. The topological polar surface area (TPSA) is 134 Å². The maximum atomic E-state index is 13.4. The Morgan fingerprint density at radius 2 is 1.53 bits per heavy atom. The summed E-state index contributed by atoms with van der Waals surface area (Å²) in [5.41, 5.74) is 0.626. The molecule has 0 aliphatic carbocycles. The average molecular weight is 543 g/mol. The molecule has 4 amide bonds. The number of ether oxygens (including phenoxy) is 1. The molecule has 210 valence electrons. The zero-order valence-corrected chi connectivity index (χ0v) is 21.8. The molecular weight excluding hydrogens is 509 g/mol. The smallest absolute Gasteiger partial charge is 0.452 e. The van der Waals surface area contributed by atoms with Crippen LogP contribution in [0.15, 0.2) is 24.3 Å². The maximum Gasteiger partial charge on any atom is 0.452 e. The van der Waals surface area contributed by atoms with Crippen LogP contribution in [0.5, 0.6) is 0 Å². The summed E-state index contributed by atoms with van der Waals surface area (Å²) in [4.78, 5) is 63.5. The summed E-state index contributed by atoms with van der Waals surface area (Å²) in [5, 5.41) is 7.31. The van der Waals surface area contributed by atoms with Crippen molar-refractivity contribution in [3.8, 4) is 0 Å². The molecular formula is C25H33F3N4O6. The maximum absolute atomic E-state index is 13.4. The number of amides is 4. The number of rotatable bonds is 9. The Kier molecular flexibility index (Phi) is 10.3. The van der Waals surface area contributed by atoms with E-state index in [1.807, 2.05) is 0 Å². The van der Waals surface area contributed by atoms with Crippen molar-refractivity contribution in [3.63, 3.8) is 0 Å². The number of alkyl halides is 3. The summed E-state index contributed by atoms with van der Waals surface area (Å²) in [6.07, 6.45) is -4.49. The number of ketones is 1. The molecule has 1 heterocycles. The minimum atomic E-state index is -5.12. The van der Waals surface area contributed by atoms with Crippen LogP contribution in [0, 0.1) is 11.8 Å². The fourth-order valence-electron chi connectivity index (χ4n) is 4.07. The molecule has 13 heteroatoms. The molecule has 0 spiro atoms. The third-order valence-electron chi connectivity index (χ3n) is 6.15. The van der Waals surface area contributed by atoms with E-state index in [-0.39, 0.29) is 18.5 Å². The number of halogens is 3. The highest BCUT2D eigenvalue weighted by molar-refractivity contribution is 5.98. The molecule has 3 N–H and O–H groups in total. The van der Waals surface area contributed by atoms with Crippen LogP contribution in [0.1, 0.15) is 50.9 Å². The molecule has 1 aromatic carbocycles. The van der Waals surface area contributed by atoms with Gasteiger partial charge in [0.1, 0.15) is 12.1 Å². The Balaban J connectivity index is 2.11. The van der Waals surface area contributed by atoms with E-state index in [1.54, 1.807) is 13.8 Å². The van der Waals surface area contributed by atoms with Gasteiger partial charge in [0.15, 0.2) is 0 Å². The lowest BCUT2D eigenvalue weighted by Crippen LogP contribution is -2.58. The number of Topliss-reactive ketones (excluding diaryl/α,β-unsaturated/α-hetero) is 1. The first-order valence-corrected chi connectivity index (χ1v) is 12.1. The van der Waals surface area contributed by atoms with Crippen LogP contribution in [0.2, 0.25) is 0 Å². The second kappa shape index (κ2) is 12.7. The van der Waals surface area contributed by atoms with Gasteiger partial charge in [0.05, 0.1) is 18.7 Å². The van der Waals surface area contributed by atoms with Gasteiger partial charge < -0.3 is 25.6 Å². The van der Waals surface area contributed by atoms with Gasteiger partial charge in [0.25, 0.3) is 5.78 Å². The highest BCUT2D eigenvalue weighted by atomic mass is 19.4. The normalized spacial score (nSPS) is 17.1. The SMILES string of the molecule is COC(=O)c1ccc(NC(=O)N[C@H](C(=O)N2CCC[C@H]2C(=O)NC(C(=O)C(F)(F)F)C(C)C)C(C)C)cc1. The van der Waals surface area contributed by atoms with E-state index in [1.165, 1.54) is 50.1 Å². The first kappa shape index (κ1) is 30.6. The number of anilines is 1. The fraction of sp³-hybridized carbons (Fsp3) is 0.560. The van der Waals surface area contributed by atoms with Crippen LogP contribution in [0.3, 0.4) is 0 Å². The Morgan fingerprint density at radius 1 is 0.947 bits per heavy atom. The van der Waals surface area contributed by atoms with Crippen LogP contribution >= 0.6 is 0 Å². The summed E-state index contributed by atoms with van der Waals surface area (Å²) in [5.74, 6) is -5.25. The van der Waals surface area contributed by atoms with Crippen molar-refractivity contribution in [1.82, 2.24) is 15.5 Å². The number of hydrogen-bond donors (Lipinski definition) is 3. The van der Waals surface area contributed by atoms with E-state index in [0.717, 1.165) is 0 Å². The molecule has 2 rings (SSSR count). The van der Waals surface area contributed by atoms with E-state index in [4.69, 9.17) is 0 Å². The molecule has 1 aliphatic heterocycles. The van der Waals surface area contributed by atoms with Gasteiger partial charge in [-0.15, -0.1) is 0 Å². The van der Waals surface area contributed by atoms with Gasteiger partial charge in [-0.05, 0) is 48.9 Å². The van der Waals surface area contributed by atoms with Crippen LogP contribution in [0.4, 0.5) is 23.7 Å². The molecule has 3 atom stereocenters. The molecule has 10 nitrogen and oxygen atoms in total. The number of carbonyl (C=O) groups is 5. The lowest BCUT2D eigenvalue weighted by molar-refractivity contribution is -0.175. The van der Waals surface area contributed by atoms with Crippen molar-refractivity contribution < 1.29 is 41.9 Å². The number of nitrogens with one attached hydrogen (secondary N) is 3. The van der Waals surface area contributed by atoms with Crippen LogP contribution < -0.4 is 16.0 Å². The Bertz CT molecular complexity index is 1040. The number of nitrogens with zero attached hydrogens (tertiary/aromatic N) is 1. The predicted molar refractivity (Wildman–Crippen MR) is 131 cm³/mol. The molecule has 1 saturated heterocycles. The van der Waals surface area contributed by atoms with Crippen molar-refractivity contribution in [1.29, 1.82) is 0 Å². The number of urea groups is 1. The predicted octanol–water partition coefficient (Wildman–Crippen LogP) is 2.88. The fourth-order valence-corrected chi connectivity index (χ4v) is 4.07. The molecule has 0 bridgehead atoms. The number of hydrogen-bond acceptors (Lipinski definition) is 6. The van der Waals surface area contributed by atoms with Gasteiger partial charge in [-0.2, -0.15) is 13.2 Å². The monoisotopic (exact) mass is 542 g/mol. The van der Waals surface area contributed by atoms with Crippen molar-refractivity contribution in [2.75, 3.05) is 19.0 Å². The third kappa shape index (κ3) is 7.68. The van der Waals surface area contributed by atoms with Crippen molar-refractivity contribution in [2.45, 2.75) is 64.8 Å². The first-order valence-electron chi connectivity index (χ1n) is 12.1. The van der Waals surface area contributed by atoms with Gasteiger partial charge in [0.2, 0.25) is 11.8 Å². The Labute approximate surface area is 218 Å². The highest BCUT2D eigenvalue weighted by Gasteiger charge is 2.46. The standard InChI is InChI=1S/C25H33F3N4O6/c1-13(2)18(20(33)25(26,27)28)30-21(34)17-7-6-12-32(17)22(35)19(14(3)4)31-24(37)29-16-10-8-15(9-11-16)23(36)38-5/h8-11,13-14,17-19H,6-7,12H2,1-5H3,(H,30,34)(H2,29,31,37)/t17-,18?,19-/m0/s1.